The minimum atomic E-state index is -0.936. The Morgan fingerprint density at radius 3 is 1.46 bits per heavy atom. The van der Waals surface area contributed by atoms with Crippen molar-refractivity contribution in [3.63, 3.8) is 0 Å². The van der Waals surface area contributed by atoms with Gasteiger partial charge in [0.25, 0.3) is 0 Å². The SMILES string of the molecule is CC1(C)C2C=C(NNC3=CC4CCC3(C(=O)O)C4(C)C)C1(C(=O)O)CC2. The fourth-order valence-electron chi connectivity index (χ4n) is 6.40. The van der Waals surface area contributed by atoms with E-state index in [1.54, 1.807) is 0 Å². The molecule has 0 aliphatic heterocycles. The Kier molecular flexibility index (Phi) is 3.25. The first-order valence-corrected chi connectivity index (χ1v) is 9.45. The standard InChI is InChI=1S/C20H28N2O4/c1-17(2)11-5-7-19(17,15(23)24)13(9-11)21-22-14-10-12-6-8-20(14,16(25)26)18(12,3)4/h9-12,21-22H,5-8H2,1-4H3,(H,23,24)(H,25,26). The van der Waals surface area contributed by atoms with Crippen molar-refractivity contribution in [3.8, 4) is 0 Å². The molecule has 142 valence electrons. The summed E-state index contributed by atoms with van der Waals surface area (Å²) in [4.78, 5) is 24.4. The molecule has 0 aromatic carbocycles. The van der Waals surface area contributed by atoms with Gasteiger partial charge >= 0.3 is 11.9 Å². The topological polar surface area (TPSA) is 98.7 Å². The molecular formula is C20H28N2O4. The summed E-state index contributed by atoms with van der Waals surface area (Å²) in [5, 5.41) is 20.0. The molecule has 2 fully saturated rings. The van der Waals surface area contributed by atoms with Gasteiger partial charge in [-0.1, -0.05) is 39.8 Å². The lowest BCUT2D eigenvalue weighted by Crippen LogP contribution is -2.50. The van der Waals surface area contributed by atoms with Crippen LogP contribution >= 0.6 is 0 Å². The zero-order valence-electron chi connectivity index (χ0n) is 15.8. The molecule has 4 rings (SSSR count). The molecule has 4 unspecified atom stereocenters. The first-order chi connectivity index (χ1) is 12.0. The van der Waals surface area contributed by atoms with E-state index in [2.05, 4.69) is 10.9 Å². The number of nitrogens with one attached hydrogen (secondary N) is 2. The lowest BCUT2D eigenvalue weighted by Gasteiger charge is -2.39. The largest absolute Gasteiger partial charge is 0.481 e. The van der Waals surface area contributed by atoms with Crippen LogP contribution < -0.4 is 10.9 Å². The Morgan fingerprint density at radius 2 is 1.19 bits per heavy atom. The van der Waals surface area contributed by atoms with E-state index < -0.39 is 22.8 Å². The van der Waals surface area contributed by atoms with Crippen LogP contribution in [0.15, 0.2) is 23.5 Å². The van der Waals surface area contributed by atoms with Crippen molar-refractivity contribution in [3.05, 3.63) is 23.5 Å². The zero-order valence-corrected chi connectivity index (χ0v) is 15.8. The van der Waals surface area contributed by atoms with Gasteiger partial charge in [0.05, 0.1) is 0 Å². The predicted octanol–water partition coefficient (Wildman–Crippen LogP) is 2.89. The molecule has 6 heteroatoms. The molecule has 4 atom stereocenters. The second kappa shape index (κ2) is 4.84. The summed E-state index contributed by atoms with van der Waals surface area (Å²) in [5.41, 5.74) is 5.04. The normalized spacial score (nSPS) is 40.9. The van der Waals surface area contributed by atoms with Gasteiger partial charge in [-0.15, -0.1) is 0 Å². The quantitative estimate of drug-likeness (QED) is 0.563. The third kappa shape index (κ3) is 1.64. The van der Waals surface area contributed by atoms with E-state index >= 15 is 0 Å². The highest BCUT2D eigenvalue weighted by molar-refractivity contribution is 5.83. The van der Waals surface area contributed by atoms with Crippen LogP contribution in [0.4, 0.5) is 0 Å². The molecule has 26 heavy (non-hydrogen) atoms. The molecule has 0 radical (unpaired) electrons. The molecule has 4 N–H and O–H groups in total. The molecule has 6 nitrogen and oxygen atoms in total. The lowest BCUT2D eigenvalue weighted by molar-refractivity contribution is -0.153. The number of hydrogen-bond acceptors (Lipinski definition) is 4. The smallest absolute Gasteiger partial charge is 0.316 e. The average Bonchev–Trinajstić information content (AvgIpc) is 3.14. The summed E-state index contributed by atoms with van der Waals surface area (Å²) in [6, 6.07) is 0. The highest BCUT2D eigenvalue weighted by atomic mass is 16.4. The maximum Gasteiger partial charge on any atom is 0.316 e. The number of carbonyl (C=O) groups is 2. The minimum absolute atomic E-state index is 0.224. The van der Waals surface area contributed by atoms with Crippen molar-refractivity contribution < 1.29 is 19.8 Å². The lowest BCUT2D eigenvalue weighted by atomic mass is 9.67. The van der Waals surface area contributed by atoms with Crippen LogP contribution in [0.2, 0.25) is 0 Å². The molecule has 0 aromatic heterocycles. The third-order valence-electron chi connectivity index (χ3n) is 8.43. The van der Waals surface area contributed by atoms with E-state index in [4.69, 9.17) is 0 Å². The van der Waals surface area contributed by atoms with Gasteiger partial charge in [-0.3, -0.25) is 9.59 Å². The summed E-state index contributed by atoms with van der Waals surface area (Å²) in [7, 11) is 0. The van der Waals surface area contributed by atoms with Gasteiger partial charge in [0, 0.05) is 11.4 Å². The first kappa shape index (κ1) is 17.4. The minimum Gasteiger partial charge on any atom is -0.481 e. The van der Waals surface area contributed by atoms with E-state index in [1.807, 2.05) is 39.8 Å². The number of aliphatic carboxylic acids is 2. The van der Waals surface area contributed by atoms with Crippen LogP contribution in [0.25, 0.3) is 0 Å². The summed E-state index contributed by atoms with van der Waals surface area (Å²) in [5.74, 6) is -1.17. The number of hydrogen-bond donors (Lipinski definition) is 4. The molecule has 2 saturated carbocycles. The molecule has 0 spiro atoms. The highest BCUT2D eigenvalue weighted by Crippen LogP contribution is 2.66. The number of carboxylic acid groups (broad SMARTS) is 2. The number of carboxylic acids is 2. The van der Waals surface area contributed by atoms with Gasteiger partial charge in [-0.25, -0.2) is 0 Å². The van der Waals surface area contributed by atoms with E-state index in [9.17, 15) is 19.8 Å². The van der Waals surface area contributed by atoms with Gasteiger partial charge in [0.15, 0.2) is 0 Å². The molecule has 0 saturated heterocycles. The maximum atomic E-state index is 12.2. The fourth-order valence-corrected chi connectivity index (χ4v) is 6.40. The van der Waals surface area contributed by atoms with Crippen LogP contribution in [0.3, 0.4) is 0 Å². The molecule has 0 heterocycles. The van der Waals surface area contributed by atoms with Gasteiger partial charge in [-0.05, 0) is 48.3 Å². The Hall–Kier alpha value is -1.98. The summed E-state index contributed by atoms with van der Waals surface area (Å²) in [6.07, 6.45) is 7.02. The van der Waals surface area contributed by atoms with Crippen LogP contribution in [0, 0.1) is 33.5 Å². The van der Waals surface area contributed by atoms with E-state index in [0.717, 1.165) is 12.8 Å². The molecule has 4 bridgehead atoms. The maximum absolute atomic E-state index is 12.2. The fraction of sp³-hybridized carbons (Fsp3) is 0.700. The van der Waals surface area contributed by atoms with Crippen molar-refractivity contribution in [2.45, 2.75) is 53.4 Å². The molecule has 0 amide bonds. The second-order valence-corrected chi connectivity index (χ2v) is 9.57. The highest BCUT2D eigenvalue weighted by Gasteiger charge is 2.67. The Balaban J connectivity index is 1.61. The summed E-state index contributed by atoms with van der Waals surface area (Å²) < 4.78 is 0. The summed E-state index contributed by atoms with van der Waals surface area (Å²) >= 11 is 0. The van der Waals surface area contributed by atoms with Gasteiger partial charge in [0.1, 0.15) is 10.8 Å². The Morgan fingerprint density at radius 1 is 0.846 bits per heavy atom. The second-order valence-electron chi connectivity index (χ2n) is 9.57. The van der Waals surface area contributed by atoms with Crippen LogP contribution in [0.1, 0.15) is 53.4 Å². The van der Waals surface area contributed by atoms with Crippen molar-refractivity contribution in [1.82, 2.24) is 10.9 Å². The van der Waals surface area contributed by atoms with Gasteiger partial charge in [-0.2, -0.15) is 0 Å². The number of allylic oxidation sites excluding steroid dienone is 2. The van der Waals surface area contributed by atoms with E-state index in [-0.39, 0.29) is 22.7 Å². The van der Waals surface area contributed by atoms with Crippen molar-refractivity contribution in [2.75, 3.05) is 0 Å². The van der Waals surface area contributed by atoms with Crippen molar-refractivity contribution in [2.24, 2.45) is 33.5 Å². The molecular weight excluding hydrogens is 332 g/mol. The van der Waals surface area contributed by atoms with Crippen LogP contribution in [-0.2, 0) is 9.59 Å². The van der Waals surface area contributed by atoms with E-state index in [1.165, 1.54) is 0 Å². The third-order valence-corrected chi connectivity index (χ3v) is 8.43. The average molecular weight is 360 g/mol. The predicted molar refractivity (Wildman–Crippen MR) is 95.6 cm³/mol. The van der Waals surface area contributed by atoms with Gasteiger partial charge < -0.3 is 21.1 Å². The van der Waals surface area contributed by atoms with Crippen LogP contribution in [0.5, 0.6) is 0 Å². The Bertz CT molecular complexity index is 702. The van der Waals surface area contributed by atoms with Crippen molar-refractivity contribution >= 4 is 11.9 Å². The number of hydrazine groups is 1. The number of rotatable bonds is 5. The van der Waals surface area contributed by atoms with Gasteiger partial charge in [0.2, 0.25) is 0 Å². The Labute approximate surface area is 153 Å². The zero-order chi connectivity index (χ0) is 19.1. The molecule has 4 aliphatic rings. The molecule has 4 aliphatic carbocycles. The monoisotopic (exact) mass is 360 g/mol. The first-order valence-electron chi connectivity index (χ1n) is 9.45. The van der Waals surface area contributed by atoms with Crippen molar-refractivity contribution in [1.29, 1.82) is 0 Å². The molecule has 0 aromatic rings. The van der Waals surface area contributed by atoms with E-state index in [0.29, 0.717) is 24.2 Å². The van der Waals surface area contributed by atoms with Crippen LogP contribution in [-0.4, -0.2) is 22.2 Å². The summed E-state index contributed by atoms with van der Waals surface area (Å²) in [6.45, 7) is 8.07. The number of fused-ring (bicyclic) bond motifs is 4.